The summed E-state index contributed by atoms with van der Waals surface area (Å²) < 4.78 is 26.0. The summed E-state index contributed by atoms with van der Waals surface area (Å²) in [7, 11) is -3.37. The number of H-pyrrole nitrogens is 1. The van der Waals surface area contributed by atoms with Gasteiger partial charge in [0, 0.05) is 31.0 Å². The molecule has 1 saturated heterocycles. The van der Waals surface area contributed by atoms with Crippen LogP contribution in [-0.4, -0.2) is 57.3 Å². The van der Waals surface area contributed by atoms with Gasteiger partial charge in [0.05, 0.1) is 29.6 Å². The first kappa shape index (κ1) is 20.7. The van der Waals surface area contributed by atoms with Gasteiger partial charge in [0.25, 0.3) is 11.5 Å². The van der Waals surface area contributed by atoms with Crippen molar-refractivity contribution >= 4 is 15.9 Å². The van der Waals surface area contributed by atoms with E-state index in [2.05, 4.69) is 15.0 Å². The summed E-state index contributed by atoms with van der Waals surface area (Å²) in [5, 5.41) is 0. The molecule has 160 valence electrons. The quantitative estimate of drug-likeness (QED) is 0.779. The van der Waals surface area contributed by atoms with Crippen LogP contribution in [0.3, 0.4) is 0 Å². The highest BCUT2D eigenvalue weighted by atomic mass is 32.2. The molecule has 2 aromatic rings. The Morgan fingerprint density at radius 1 is 1.30 bits per heavy atom. The number of rotatable bonds is 4. The molecular weight excluding hydrogens is 406 g/mol. The van der Waals surface area contributed by atoms with Crippen molar-refractivity contribution in [2.45, 2.75) is 45.2 Å². The molecule has 1 amide bonds. The van der Waals surface area contributed by atoms with Crippen LogP contribution >= 0.6 is 0 Å². The molecular formula is C20H25N5O4S. The average molecular weight is 432 g/mol. The summed E-state index contributed by atoms with van der Waals surface area (Å²) in [6, 6.07) is 3.08. The Kier molecular flexibility index (Phi) is 5.70. The number of pyridine rings is 1. The average Bonchev–Trinajstić information content (AvgIpc) is 2.78. The van der Waals surface area contributed by atoms with Crippen LogP contribution < -0.4 is 5.56 Å². The van der Waals surface area contributed by atoms with E-state index >= 15 is 0 Å². The van der Waals surface area contributed by atoms with Crippen molar-refractivity contribution in [1.82, 2.24) is 24.2 Å². The minimum absolute atomic E-state index is 0.00833. The maximum Gasteiger partial charge on any atom is 0.256 e. The van der Waals surface area contributed by atoms with E-state index in [1.165, 1.54) is 10.5 Å². The Hall–Kier alpha value is -2.59. The highest BCUT2D eigenvalue weighted by Gasteiger charge is 2.33. The van der Waals surface area contributed by atoms with E-state index in [-0.39, 0.29) is 36.4 Å². The van der Waals surface area contributed by atoms with Crippen molar-refractivity contribution in [3.05, 3.63) is 57.5 Å². The van der Waals surface area contributed by atoms with Crippen LogP contribution in [0.1, 0.15) is 59.7 Å². The third kappa shape index (κ3) is 3.89. The van der Waals surface area contributed by atoms with Crippen LogP contribution in [0, 0.1) is 0 Å². The molecule has 1 N–H and O–H groups in total. The van der Waals surface area contributed by atoms with Gasteiger partial charge in [-0.05, 0) is 44.7 Å². The number of fused-ring (bicyclic) bond motifs is 1. The van der Waals surface area contributed by atoms with E-state index in [0.29, 0.717) is 42.0 Å². The van der Waals surface area contributed by atoms with E-state index in [1.807, 2.05) is 0 Å². The molecule has 4 heterocycles. The van der Waals surface area contributed by atoms with Gasteiger partial charge in [0.15, 0.2) is 0 Å². The number of hydrogen-bond acceptors (Lipinski definition) is 6. The van der Waals surface area contributed by atoms with E-state index in [0.717, 1.165) is 12.8 Å². The van der Waals surface area contributed by atoms with Crippen molar-refractivity contribution in [3.63, 3.8) is 0 Å². The highest BCUT2D eigenvalue weighted by Crippen LogP contribution is 2.30. The Labute approximate surface area is 175 Å². The lowest BCUT2D eigenvalue weighted by molar-refractivity contribution is 0.0598. The van der Waals surface area contributed by atoms with E-state index in [9.17, 15) is 18.0 Å². The molecule has 1 fully saturated rings. The highest BCUT2D eigenvalue weighted by molar-refractivity contribution is 7.89. The molecule has 2 aliphatic heterocycles. The number of likely N-dealkylation sites (tertiary alicyclic amines) is 1. The van der Waals surface area contributed by atoms with Gasteiger partial charge in [0.1, 0.15) is 5.82 Å². The zero-order valence-electron chi connectivity index (χ0n) is 16.9. The number of nitrogens with zero attached hydrogens (tertiary/aromatic N) is 4. The first-order chi connectivity index (χ1) is 14.4. The summed E-state index contributed by atoms with van der Waals surface area (Å²) >= 11 is 0. The van der Waals surface area contributed by atoms with E-state index in [1.54, 1.807) is 30.2 Å². The monoisotopic (exact) mass is 431 g/mol. The third-order valence-electron chi connectivity index (χ3n) is 5.80. The fraction of sp³-hybridized carbons (Fsp3) is 0.500. The predicted octanol–water partition coefficient (Wildman–Crippen LogP) is 1.24. The molecule has 0 aromatic carbocycles. The van der Waals surface area contributed by atoms with Crippen molar-refractivity contribution in [2.24, 2.45) is 0 Å². The molecule has 2 aromatic heterocycles. The third-order valence-corrected chi connectivity index (χ3v) is 7.63. The molecule has 0 spiro atoms. The number of aromatic nitrogens is 3. The molecule has 10 heteroatoms. The molecule has 0 bridgehead atoms. The smallest absolute Gasteiger partial charge is 0.256 e. The SMILES string of the molecule is CCS(=O)(=O)N1CCc2c(nc([C@H]3CCCCN3C(=O)c3cccnc3)[nH]c2=O)C1. The number of hydrogen-bond donors (Lipinski definition) is 1. The molecule has 0 unspecified atom stereocenters. The molecule has 0 radical (unpaired) electrons. The maximum atomic E-state index is 13.1. The van der Waals surface area contributed by atoms with Crippen molar-refractivity contribution < 1.29 is 13.2 Å². The first-order valence-corrected chi connectivity index (χ1v) is 11.8. The molecule has 9 nitrogen and oxygen atoms in total. The Morgan fingerprint density at radius 2 is 2.13 bits per heavy atom. The lowest BCUT2D eigenvalue weighted by Crippen LogP contribution is -2.42. The van der Waals surface area contributed by atoms with Gasteiger partial charge in [-0.1, -0.05) is 0 Å². The Bertz CT molecular complexity index is 1100. The second kappa shape index (κ2) is 8.27. The second-order valence-electron chi connectivity index (χ2n) is 7.61. The summed E-state index contributed by atoms with van der Waals surface area (Å²) in [4.78, 5) is 39.1. The van der Waals surface area contributed by atoms with Gasteiger partial charge >= 0.3 is 0 Å². The minimum Gasteiger partial charge on any atom is -0.328 e. The summed E-state index contributed by atoms with van der Waals surface area (Å²) in [5.41, 5.74) is 1.26. The fourth-order valence-corrected chi connectivity index (χ4v) is 5.18. The standard InChI is InChI=1S/C20H25N5O4S/c1-2-30(28,29)24-11-8-15-16(13-24)22-18(23-19(15)26)17-7-3-4-10-25(17)20(27)14-6-5-9-21-12-14/h5-6,9,12,17H,2-4,7-8,10-11,13H2,1H3,(H,22,23,26)/t17-/m1/s1. The lowest BCUT2D eigenvalue weighted by Gasteiger charge is -2.35. The second-order valence-corrected chi connectivity index (χ2v) is 9.87. The largest absolute Gasteiger partial charge is 0.328 e. The van der Waals surface area contributed by atoms with Crippen molar-refractivity contribution in [2.75, 3.05) is 18.8 Å². The number of piperidine rings is 1. The molecule has 30 heavy (non-hydrogen) atoms. The Morgan fingerprint density at radius 3 is 2.87 bits per heavy atom. The maximum absolute atomic E-state index is 13.1. The van der Waals surface area contributed by atoms with E-state index in [4.69, 9.17) is 0 Å². The Balaban J connectivity index is 1.68. The molecule has 1 atom stereocenters. The molecule has 0 aliphatic carbocycles. The van der Waals surface area contributed by atoms with Gasteiger partial charge in [-0.2, -0.15) is 4.31 Å². The van der Waals surface area contributed by atoms with Crippen molar-refractivity contribution in [1.29, 1.82) is 0 Å². The van der Waals surface area contributed by atoms with Gasteiger partial charge in [-0.15, -0.1) is 0 Å². The number of carbonyl (C=O) groups is 1. The van der Waals surface area contributed by atoms with Crippen LogP contribution in [-0.2, 0) is 23.0 Å². The van der Waals surface area contributed by atoms with Crippen LogP contribution in [0.4, 0.5) is 0 Å². The van der Waals surface area contributed by atoms with Crippen LogP contribution in [0.15, 0.2) is 29.3 Å². The van der Waals surface area contributed by atoms with Crippen molar-refractivity contribution in [3.8, 4) is 0 Å². The zero-order chi connectivity index (χ0) is 21.3. The predicted molar refractivity (Wildman–Crippen MR) is 110 cm³/mol. The minimum atomic E-state index is -3.37. The number of carbonyl (C=O) groups excluding carboxylic acids is 1. The first-order valence-electron chi connectivity index (χ1n) is 10.2. The number of nitrogens with one attached hydrogen (secondary N) is 1. The zero-order valence-corrected chi connectivity index (χ0v) is 17.7. The van der Waals surface area contributed by atoms with Gasteiger partial charge in [-0.25, -0.2) is 13.4 Å². The normalized spacial score (nSPS) is 20.0. The van der Waals surface area contributed by atoms with E-state index < -0.39 is 10.0 Å². The molecule has 4 rings (SSSR count). The summed E-state index contributed by atoms with van der Waals surface area (Å²) in [6.45, 7) is 2.54. The van der Waals surface area contributed by atoms with Crippen LogP contribution in [0.2, 0.25) is 0 Å². The molecule has 0 saturated carbocycles. The van der Waals surface area contributed by atoms with Gasteiger partial charge < -0.3 is 9.88 Å². The number of amides is 1. The topological polar surface area (TPSA) is 116 Å². The van der Waals surface area contributed by atoms with Gasteiger partial charge in [-0.3, -0.25) is 14.6 Å². The van der Waals surface area contributed by atoms with Crippen LogP contribution in [0.5, 0.6) is 0 Å². The van der Waals surface area contributed by atoms with Gasteiger partial charge in [0.2, 0.25) is 10.0 Å². The molecule has 2 aliphatic rings. The summed E-state index contributed by atoms with van der Waals surface area (Å²) in [5.74, 6) is 0.281. The van der Waals surface area contributed by atoms with Crippen LogP contribution in [0.25, 0.3) is 0 Å². The number of aromatic amines is 1. The number of sulfonamides is 1. The lowest BCUT2D eigenvalue weighted by atomic mass is 9.99. The fourth-order valence-electron chi connectivity index (χ4n) is 4.13. The summed E-state index contributed by atoms with van der Waals surface area (Å²) in [6.07, 6.45) is 5.96.